The van der Waals surface area contributed by atoms with Crippen molar-refractivity contribution in [2.75, 3.05) is 0 Å². The van der Waals surface area contributed by atoms with Crippen LogP contribution in [0.15, 0.2) is 71.9 Å². The molecule has 4 heteroatoms. The summed E-state index contributed by atoms with van der Waals surface area (Å²) in [7, 11) is -3.94. The first-order valence-electron chi connectivity index (χ1n) is 6.76. The van der Waals surface area contributed by atoms with Gasteiger partial charge in [0.1, 0.15) is 0 Å². The normalized spacial score (nSPS) is 13.1. The molecule has 20 heavy (non-hydrogen) atoms. The second-order valence-electron chi connectivity index (χ2n) is 4.80. The Labute approximate surface area is 123 Å². The van der Waals surface area contributed by atoms with E-state index in [0.29, 0.717) is 0 Å². The minimum Gasteiger partial charge on any atom is -0.431 e. The summed E-state index contributed by atoms with van der Waals surface area (Å²) in [6.07, 6.45) is 2.07. The van der Waals surface area contributed by atoms with Gasteiger partial charge in [0.25, 0.3) is 0 Å². The van der Waals surface area contributed by atoms with Crippen LogP contribution in [0.5, 0.6) is 0 Å². The van der Waals surface area contributed by atoms with Crippen molar-refractivity contribution in [3.05, 3.63) is 71.9 Å². The van der Waals surface area contributed by atoms with E-state index in [0.717, 1.165) is 10.4 Å². The number of hydrogen-bond donors (Lipinski definition) is 1. The second kappa shape index (κ2) is 6.81. The van der Waals surface area contributed by atoms with Gasteiger partial charge in [-0.3, -0.25) is 0 Å². The summed E-state index contributed by atoms with van der Waals surface area (Å²) in [6, 6.07) is 19.5. The molecule has 0 aliphatic carbocycles. The van der Waals surface area contributed by atoms with E-state index in [-0.39, 0.29) is 0 Å². The number of hydrogen-bond acceptors (Lipinski definition) is 2. The van der Waals surface area contributed by atoms with Crippen LogP contribution in [0.4, 0.5) is 0 Å². The molecule has 2 nitrogen and oxygen atoms in total. The van der Waals surface area contributed by atoms with E-state index < -0.39 is 18.3 Å². The van der Waals surface area contributed by atoms with Crippen molar-refractivity contribution in [2.24, 2.45) is 0 Å². The summed E-state index contributed by atoms with van der Waals surface area (Å²) >= 11 is 0. The standard InChI is InChI=1S/C16H20O2Si2/c1-3-14(2)19-18-20(17,15-10-6-4-7-11-15)16-12-8-5-9-13-16/h3-13,17H,19H2,1-2H3. The molecule has 0 fully saturated rings. The molecular weight excluding hydrogens is 280 g/mol. The minimum absolute atomic E-state index is 0.883. The van der Waals surface area contributed by atoms with Crippen LogP contribution < -0.4 is 10.4 Å². The van der Waals surface area contributed by atoms with Gasteiger partial charge < -0.3 is 8.91 Å². The maximum atomic E-state index is 11.2. The average molecular weight is 301 g/mol. The van der Waals surface area contributed by atoms with E-state index in [2.05, 4.69) is 13.0 Å². The lowest BCUT2D eigenvalue weighted by Gasteiger charge is -2.26. The fourth-order valence-electron chi connectivity index (χ4n) is 1.96. The number of benzene rings is 2. The summed E-state index contributed by atoms with van der Waals surface area (Å²) in [5.41, 5.74) is 0. The molecule has 0 aliphatic heterocycles. The Kier molecular flexibility index (Phi) is 5.08. The Morgan fingerprint density at radius 3 is 1.85 bits per heavy atom. The van der Waals surface area contributed by atoms with E-state index in [9.17, 15) is 4.80 Å². The van der Waals surface area contributed by atoms with Crippen molar-refractivity contribution in [3.8, 4) is 0 Å². The molecule has 0 saturated carbocycles. The average Bonchev–Trinajstić information content (AvgIpc) is 2.54. The highest BCUT2D eigenvalue weighted by Gasteiger charge is 2.38. The van der Waals surface area contributed by atoms with Crippen LogP contribution in [0.3, 0.4) is 0 Å². The zero-order valence-corrected chi connectivity index (χ0v) is 14.3. The quantitative estimate of drug-likeness (QED) is 0.843. The molecule has 2 rings (SSSR count). The van der Waals surface area contributed by atoms with Gasteiger partial charge >= 0.3 is 8.56 Å². The lowest BCUT2D eigenvalue weighted by molar-refractivity contribution is 0.425. The van der Waals surface area contributed by atoms with Crippen molar-refractivity contribution >= 4 is 28.7 Å². The molecule has 0 unspecified atom stereocenters. The molecular formula is C16H20O2Si2. The highest BCUT2D eigenvalue weighted by atomic mass is 28.4. The summed E-state index contributed by atoms with van der Waals surface area (Å²) in [5, 5.41) is 3.06. The van der Waals surface area contributed by atoms with Crippen LogP contribution in [0, 0.1) is 0 Å². The van der Waals surface area contributed by atoms with E-state index in [1.807, 2.05) is 67.6 Å². The lowest BCUT2D eigenvalue weighted by Crippen LogP contribution is -2.62. The lowest BCUT2D eigenvalue weighted by atomic mass is 10.4. The van der Waals surface area contributed by atoms with E-state index in [1.54, 1.807) is 0 Å². The summed E-state index contributed by atoms with van der Waals surface area (Å²) in [6.45, 7) is 4.08. The van der Waals surface area contributed by atoms with Crippen molar-refractivity contribution < 1.29 is 8.91 Å². The van der Waals surface area contributed by atoms with Gasteiger partial charge in [0, 0.05) is 0 Å². The van der Waals surface area contributed by atoms with Crippen molar-refractivity contribution in [3.63, 3.8) is 0 Å². The Balaban J connectivity index is 2.38. The Morgan fingerprint density at radius 1 is 1.00 bits per heavy atom. The molecule has 0 bridgehead atoms. The van der Waals surface area contributed by atoms with Crippen molar-refractivity contribution in [1.82, 2.24) is 0 Å². The summed E-state index contributed by atoms with van der Waals surface area (Å²) < 4.78 is 6.12. The molecule has 2 aromatic carbocycles. The van der Waals surface area contributed by atoms with Gasteiger partial charge in [-0.2, -0.15) is 0 Å². The Bertz CT molecular complexity index is 528. The predicted octanol–water partition coefficient (Wildman–Crippen LogP) is 1.26. The highest BCUT2D eigenvalue weighted by Crippen LogP contribution is 2.05. The first-order valence-corrected chi connectivity index (χ1v) is 9.90. The first-order chi connectivity index (χ1) is 9.66. The molecule has 0 aliphatic rings. The second-order valence-corrected chi connectivity index (χ2v) is 9.80. The highest BCUT2D eigenvalue weighted by molar-refractivity contribution is 6.94. The van der Waals surface area contributed by atoms with Crippen LogP contribution in [0.25, 0.3) is 0 Å². The Morgan fingerprint density at radius 2 is 1.45 bits per heavy atom. The smallest absolute Gasteiger partial charge is 0.393 e. The van der Waals surface area contributed by atoms with Gasteiger partial charge in [-0.25, -0.2) is 0 Å². The van der Waals surface area contributed by atoms with Crippen LogP contribution in [-0.4, -0.2) is 23.1 Å². The van der Waals surface area contributed by atoms with Crippen LogP contribution >= 0.6 is 0 Å². The zero-order chi connectivity index (χ0) is 14.4. The topological polar surface area (TPSA) is 29.5 Å². The molecule has 0 heterocycles. The van der Waals surface area contributed by atoms with Gasteiger partial charge in [0.05, 0.1) is 0 Å². The molecule has 0 spiro atoms. The molecule has 0 radical (unpaired) electrons. The van der Waals surface area contributed by atoms with Crippen LogP contribution in [0.1, 0.15) is 13.8 Å². The predicted molar refractivity (Wildman–Crippen MR) is 89.2 cm³/mol. The van der Waals surface area contributed by atoms with Crippen molar-refractivity contribution in [1.29, 1.82) is 0 Å². The van der Waals surface area contributed by atoms with Crippen LogP contribution in [-0.2, 0) is 4.12 Å². The third-order valence-corrected chi connectivity index (χ3v) is 8.68. The SMILES string of the molecule is CC=C(C)[SiH2]O[Si](O)(c1ccccc1)c1ccccc1. The third-order valence-electron chi connectivity index (χ3n) is 3.33. The van der Waals surface area contributed by atoms with Gasteiger partial charge in [-0.05, 0) is 24.2 Å². The first kappa shape index (κ1) is 14.9. The monoisotopic (exact) mass is 300 g/mol. The van der Waals surface area contributed by atoms with E-state index in [4.69, 9.17) is 4.12 Å². The zero-order valence-electron chi connectivity index (χ0n) is 11.9. The minimum atomic E-state index is -3.06. The summed E-state index contributed by atoms with van der Waals surface area (Å²) in [4.78, 5) is 11.2. The fourth-order valence-corrected chi connectivity index (χ4v) is 6.83. The number of allylic oxidation sites excluding steroid dienone is 2. The van der Waals surface area contributed by atoms with Gasteiger partial charge in [-0.15, -0.1) is 0 Å². The summed E-state index contributed by atoms with van der Waals surface area (Å²) in [5.74, 6) is 0. The van der Waals surface area contributed by atoms with Crippen molar-refractivity contribution in [2.45, 2.75) is 13.8 Å². The van der Waals surface area contributed by atoms with Gasteiger partial charge in [0.15, 0.2) is 9.76 Å². The maximum Gasteiger partial charge on any atom is 0.393 e. The Hall–Kier alpha value is -1.47. The molecule has 0 atom stereocenters. The van der Waals surface area contributed by atoms with Gasteiger partial charge in [0.2, 0.25) is 0 Å². The fraction of sp³-hybridized carbons (Fsp3) is 0.125. The number of rotatable bonds is 5. The molecule has 104 valence electrons. The molecule has 0 saturated heterocycles. The van der Waals surface area contributed by atoms with E-state index in [1.165, 1.54) is 5.20 Å². The largest absolute Gasteiger partial charge is 0.431 e. The van der Waals surface area contributed by atoms with E-state index >= 15 is 0 Å². The molecule has 2 aromatic rings. The molecule has 0 amide bonds. The van der Waals surface area contributed by atoms with Crippen LogP contribution in [0.2, 0.25) is 0 Å². The molecule has 1 N–H and O–H groups in total. The maximum absolute atomic E-state index is 11.2. The third kappa shape index (κ3) is 3.35. The van der Waals surface area contributed by atoms with Gasteiger partial charge in [-0.1, -0.05) is 71.9 Å². The molecule has 0 aromatic heterocycles.